The Morgan fingerprint density at radius 3 is 2.61 bits per heavy atom. The van der Waals surface area contributed by atoms with Crippen LogP contribution in [0, 0.1) is 0 Å². The van der Waals surface area contributed by atoms with Crippen LogP contribution in [0.5, 0.6) is 0 Å². The van der Waals surface area contributed by atoms with Crippen LogP contribution in [0.15, 0.2) is 62.8 Å². The standard InChI is InChI=1S/C24H21N3O4S2/c1-12(2)31-23(30)17-13(3)25-24-27(19(17)16-10-7-11-32-16)22(29)20(33-24)18-14-8-5-6-9-15(14)26(4)21(18)28/h5-12,19H,1-4H3. The molecular formula is C24H21N3O4S2. The number of thiophene rings is 1. The van der Waals surface area contributed by atoms with E-state index in [2.05, 4.69) is 4.99 Å². The van der Waals surface area contributed by atoms with E-state index < -0.39 is 12.0 Å². The van der Waals surface area contributed by atoms with Crippen molar-refractivity contribution < 1.29 is 14.3 Å². The molecule has 1 atom stereocenters. The minimum atomic E-state index is -0.661. The summed E-state index contributed by atoms with van der Waals surface area (Å²) >= 11 is 2.63. The number of benzene rings is 1. The summed E-state index contributed by atoms with van der Waals surface area (Å²) in [6.45, 7) is 5.32. The highest BCUT2D eigenvalue weighted by molar-refractivity contribution is 7.10. The molecule has 168 valence electrons. The predicted molar refractivity (Wildman–Crippen MR) is 128 cm³/mol. The fourth-order valence-corrected chi connectivity index (χ4v) is 6.18. The van der Waals surface area contributed by atoms with Crippen LogP contribution in [-0.2, 0) is 14.3 Å². The molecule has 0 saturated heterocycles. The first-order chi connectivity index (χ1) is 15.8. The molecule has 1 unspecified atom stereocenters. The van der Waals surface area contributed by atoms with Crippen molar-refractivity contribution >= 4 is 45.8 Å². The number of hydrogen-bond donors (Lipinski definition) is 0. The molecule has 33 heavy (non-hydrogen) atoms. The number of nitrogens with zero attached hydrogens (tertiary/aromatic N) is 3. The minimum Gasteiger partial charge on any atom is -0.459 e. The number of aromatic nitrogens is 1. The van der Waals surface area contributed by atoms with Crippen molar-refractivity contribution in [2.45, 2.75) is 32.9 Å². The van der Waals surface area contributed by atoms with Crippen molar-refractivity contribution in [2.24, 2.45) is 4.99 Å². The quantitative estimate of drug-likeness (QED) is 0.541. The zero-order valence-corrected chi connectivity index (χ0v) is 20.1. The molecule has 1 aromatic carbocycles. The summed E-state index contributed by atoms with van der Waals surface area (Å²) in [6.07, 6.45) is -0.309. The van der Waals surface area contributed by atoms with Gasteiger partial charge in [0.05, 0.1) is 28.6 Å². The van der Waals surface area contributed by atoms with Gasteiger partial charge >= 0.3 is 5.97 Å². The molecule has 0 bridgehead atoms. The molecule has 0 N–H and O–H groups in total. The molecule has 7 nitrogen and oxygen atoms in total. The van der Waals surface area contributed by atoms with Crippen LogP contribution in [0.4, 0.5) is 5.69 Å². The first kappa shape index (κ1) is 21.5. The maximum Gasteiger partial charge on any atom is 0.338 e. The van der Waals surface area contributed by atoms with Crippen molar-refractivity contribution in [1.29, 1.82) is 0 Å². The monoisotopic (exact) mass is 479 g/mol. The molecule has 9 heteroatoms. The maximum atomic E-state index is 13.8. The summed E-state index contributed by atoms with van der Waals surface area (Å²) in [5.41, 5.74) is 2.35. The molecule has 0 aliphatic carbocycles. The normalized spacial score (nSPS) is 19.0. The highest BCUT2D eigenvalue weighted by Crippen LogP contribution is 2.35. The van der Waals surface area contributed by atoms with Crippen LogP contribution in [-0.4, -0.2) is 29.6 Å². The fourth-order valence-electron chi connectivity index (χ4n) is 4.22. The Morgan fingerprint density at radius 1 is 1.15 bits per heavy atom. The Balaban J connectivity index is 1.81. The van der Waals surface area contributed by atoms with Gasteiger partial charge in [-0.1, -0.05) is 35.6 Å². The molecule has 2 aliphatic rings. The number of carbonyl (C=O) groups excluding carboxylic acids is 2. The molecule has 0 radical (unpaired) electrons. The number of carbonyl (C=O) groups is 2. The van der Waals surface area contributed by atoms with Crippen molar-refractivity contribution in [1.82, 2.24) is 4.57 Å². The van der Waals surface area contributed by atoms with E-state index in [1.165, 1.54) is 27.2 Å². The number of likely N-dealkylation sites (N-methyl/N-ethyl adjacent to an activating group) is 1. The summed E-state index contributed by atoms with van der Waals surface area (Å²) in [7, 11) is 1.70. The number of allylic oxidation sites excluding steroid dienone is 1. The average Bonchev–Trinajstić information content (AvgIpc) is 3.46. The van der Waals surface area contributed by atoms with Gasteiger partial charge in [-0.15, -0.1) is 11.3 Å². The van der Waals surface area contributed by atoms with Crippen molar-refractivity contribution in [2.75, 3.05) is 11.9 Å². The van der Waals surface area contributed by atoms with Crippen molar-refractivity contribution in [3.63, 3.8) is 0 Å². The molecule has 1 amide bonds. The van der Waals surface area contributed by atoms with Crippen molar-refractivity contribution in [3.05, 3.63) is 83.2 Å². The second kappa shape index (κ2) is 7.93. The lowest BCUT2D eigenvalue weighted by atomic mass is 10.0. The molecule has 4 heterocycles. The number of hydrogen-bond acceptors (Lipinski definition) is 7. The van der Waals surface area contributed by atoms with E-state index in [4.69, 9.17) is 4.74 Å². The van der Waals surface area contributed by atoms with Gasteiger partial charge in [0, 0.05) is 17.5 Å². The Labute approximate surface area is 197 Å². The summed E-state index contributed by atoms with van der Waals surface area (Å²) in [4.78, 5) is 47.4. The number of thiazole rings is 1. The van der Waals surface area contributed by atoms with Crippen LogP contribution in [0.25, 0.3) is 5.57 Å². The van der Waals surface area contributed by atoms with Gasteiger partial charge in [0.15, 0.2) is 4.80 Å². The van der Waals surface area contributed by atoms with Crippen LogP contribution in [0.2, 0.25) is 0 Å². The van der Waals surface area contributed by atoms with Crippen LogP contribution >= 0.6 is 22.7 Å². The average molecular weight is 480 g/mol. The van der Waals surface area contributed by atoms with Crippen LogP contribution in [0.3, 0.4) is 0 Å². The van der Waals surface area contributed by atoms with E-state index in [1.54, 1.807) is 32.7 Å². The third-order valence-corrected chi connectivity index (χ3v) is 7.63. The molecular weight excluding hydrogens is 458 g/mol. The molecule has 0 spiro atoms. The van der Waals surface area contributed by atoms with Crippen LogP contribution < -0.4 is 19.8 Å². The molecule has 5 rings (SSSR count). The van der Waals surface area contributed by atoms with E-state index in [0.29, 0.717) is 26.2 Å². The number of ether oxygens (including phenoxy) is 1. The third-order valence-electron chi connectivity index (χ3n) is 5.65. The van der Waals surface area contributed by atoms with Gasteiger partial charge < -0.3 is 9.64 Å². The number of fused-ring (bicyclic) bond motifs is 2. The Morgan fingerprint density at radius 2 is 1.91 bits per heavy atom. The largest absolute Gasteiger partial charge is 0.459 e. The second-order valence-corrected chi connectivity index (χ2v) is 10.1. The predicted octanol–water partition coefficient (Wildman–Crippen LogP) is 2.59. The SMILES string of the molecule is CC1=C(C(=O)OC(C)C)C(c2cccs2)n2c(sc(=C3C(=O)N(C)c4ccccc43)c2=O)=N1. The summed E-state index contributed by atoms with van der Waals surface area (Å²) in [6, 6.07) is 10.5. The highest BCUT2D eigenvalue weighted by Gasteiger charge is 2.36. The number of esters is 1. The number of amides is 1. The van der Waals surface area contributed by atoms with Gasteiger partial charge in [-0.25, -0.2) is 9.79 Å². The zero-order valence-electron chi connectivity index (χ0n) is 18.5. The van der Waals surface area contributed by atoms with Crippen LogP contribution in [0.1, 0.15) is 37.3 Å². The molecule has 3 aromatic rings. The van der Waals surface area contributed by atoms with Gasteiger partial charge in [0.1, 0.15) is 10.6 Å². The lowest BCUT2D eigenvalue weighted by molar-refractivity contribution is -0.143. The Bertz CT molecular complexity index is 1510. The Hall–Kier alpha value is -3.30. The summed E-state index contributed by atoms with van der Waals surface area (Å²) < 4.78 is 7.34. The smallest absolute Gasteiger partial charge is 0.338 e. The second-order valence-electron chi connectivity index (χ2n) is 8.13. The molecule has 0 saturated carbocycles. The lowest BCUT2D eigenvalue weighted by Crippen LogP contribution is -2.40. The maximum absolute atomic E-state index is 13.8. The van der Waals surface area contributed by atoms with E-state index >= 15 is 0 Å². The molecule has 2 aromatic heterocycles. The lowest BCUT2D eigenvalue weighted by Gasteiger charge is -2.24. The van der Waals surface area contributed by atoms with Gasteiger partial charge in [-0.05, 0) is 38.3 Å². The summed E-state index contributed by atoms with van der Waals surface area (Å²) in [5.74, 6) is -0.728. The zero-order chi connectivity index (χ0) is 23.4. The number of para-hydroxylation sites is 1. The van der Waals surface area contributed by atoms with E-state index in [0.717, 1.165) is 16.1 Å². The topological polar surface area (TPSA) is 81.0 Å². The van der Waals surface area contributed by atoms with Crippen molar-refractivity contribution in [3.8, 4) is 0 Å². The number of rotatable bonds is 3. The molecule has 0 fully saturated rings. The first-order valence-electron chi connectivity index (χ1n) is 10.5. The van der Waals surface area contributed by atoms with Gasteiger partial charge in [0.25, 0.3) is 11.5 Å². The third kappa shape index (κ3) is 3.30. The summed E-state index contributed by atoms with van der Waals surface area (Å²) in [5, 5.41) is 1.90. The fraction of sp³-hybridized carbons (Fsp3) is 0.250. The van der Waals surface area contributed by atoms with Gasteiger partial charge in [-0.2, -0.15) is 0 Å². The van der Waals surface area contributed by atoms with E-state index in [-0.39, 0.29) is 17.6 Å². The highest BCUT2D eigenvalue weighted by atomic mass is 32.1. The van der Waals surface area contributed by atoms with Gasteiger partial charge in [0.2, 0.25) is 0 Å². The minimum absolute atomic E-state index is 0.232. The first-order valence-corrected chi connectivity index (χ1v) is 12.2. The van der Waals surface area contributed by atoms with E-state index in [9.17, 15) is 14.4 Å². The van der Waals surface area contributed by atoms with Gasteiger partial charge in [-0.3, -0.25) is 14.2 Å². The van der Waals surface area contributed by atoms with E-state index in [1.807, 2.05) is 41.8 Å². The molecule has 2 aliphatic heterocycles. The Kier molecular flexibility index (Phi) is 5.18. The number of anilines is 1.